The van der Waals surface area contributed by atoms with E-state index in [2.05, 4.69) is 46.9 Å². The average Bonchev–Trinajstić information content (AvgIpc) is 2.97. The number of anilines is 1. The largest absolute Gasteiger partial charge is 0.444 e. The van der Waals surface area contributed by atoms with Gasteiger partial charge >= 0.3 is 12.1 Å². The van der Waals surface area contributed by atoms with Gasteiger partial charge in [0.05, 0.1) is 11.2 Å². The molecular weight excluding hydrogens is 370 g/mol. The Kier molecular flexibility index (Phi) is 6.26. The second kappa shape index (κ2) is 7.88. The van der Waals surface area contributed by atoms with E-state index in [-0.39, 0.29) is 23.1 Å². The lowest BCUT2D eigenvalue weighted by atomic mass is 9.92. The van der Waals surface area contributed by atoms with E-state index in [1.54, 1.807) is 9.80 Å². The van der Waals surface area contributed by atoms with Crippen LogP contribution in [0, 0.1) is 0 Å². The summed E-state index contributed by atoms with van der Waals surface area (Å²) in [5.41, 5.74) is 0.0237. The first kappa shape index (κ1) is 23.0. The zero-order chi connectivity index (χ0) is 22.2. The van der Waals surface area contributed by atoms with E-state index < -0.39 is 5.60 Å². The topological polar surface area (TPSA) is 79.7 Å². The molecule has 1 aliphatic rings. The maximum Gasteiger partial charge on any atom is 0.410 e. The van der Waals surface area contributed by atoms with Gasteiger partial charge in [-0.3, -0.25) is 5.32 Å². The van der Waals surface area contributed by atoms with Crippen LogP contribution >= 0.6 is 0 Å². The summed E-state index contributed by atoms with van der Waals surface area (Å²) in [5.74, 6) is 0.682. The lowest BCUT2D eigenvalue weighted by molar-refractivity contribution is 0.0174. The van der Waals surface area contributed by atoms with Crippen LogP contribution in [0.3, 0.4) is 0 Å². The zero-order valence-electron chi connectivity index (χ0n) is 19.4. The van der Waals surface area contributed by atoms with Gasteiger partial charge in [0.1, 0.15) is 11.4 Å². The molecule has 2 rings (SSSR count). The molecule has 29 heavy (non-hydrogen) atoms. The Bertz CT molecular complexity index is 742. The fraction of sp³-hybridized carbons (Fsp3) is 0.762. The van der Waals surface area contributed by atoms with Gasteiger partial charge in [-0.25, -0.2) is 14.3 Å². The zero-order valence-corrected chi connectivity index (χ0v) is 19.4. The first-order valence-corrected chi connectivity index (χ1v) is 10.2. The van der Waals surface area contributed by atoms with Crippen molar-refractivity contribution in [3.8, 4) is 0 Å². The van der Waals surface area contributed by atoms with E-state index in [1.165, 1.54) is 0 Å². The third-order valence-corrected chi connectivity index (χ3v) is 4.57. The molecule has 164 valence electrons. The van der Waals surface area contributed by atoms with E-state index in [0.29, 0.717) is 32.0 Å². The SMILES string of the molecule is CC(C)(C)OC(=O)N1CCN(C(=O)Nc2cc(C(C)(C)C)nn2C(C)(C)C)CC1. The number of hydrogen-bond donors (Lipinski definition) is 1. The van der Waals surface area contributed by atoms with Crippen molar-refractivity contribution in [3.05, 3.63) is 11.8 Å². The average molecular weight is 408 g/mol. The van der Waals surface area contributed by atoms with Crippen LogP contribution in [0.1, 0.15) is 68.0 Å². The lowest BCUT2D eigenvalue weighted by Crippen LogP contribution is -2.52. The number of aromatic nitrogens is 2. The summed E-state index contributed by atoms with van der Waals surface area (Å²) in [7, 11) is 0. The van der Waals surface area contributed by atoms with Crippen molar-refractivity contribution in [2.24, 2.45) is 0 Å². The molecule has 0 aliphatic carbocycles. The van der Waals surface area contributed by atoms with E-state index >= 15 is 0 Å². The van der Waals surface area contributed by atoms with Gasteiger partial charge in [0.15, 0.2) is 0 Å². The molecule has 1 aromatic rings. The molecule has 1 saturated heterocycles. The monoisotopic (exact) mass is 407 g/mol. The summed E-state index contributed by atoms with van der Waals surface area (Å²) in [4.78, 5) is 28.4. The molecule has 0 radical (unpaired) electrons. The predicted molar refractivity (Wildman–Crippen MR) is 114 cm³/mol. The number of ether oxygens (including phenoxy) is 1. The molecule has 8 nitrogen and oxygen atoms in total. The molecule has 1 fully saturated rings. The highest BCUT2D eigenvalue weighted by Crippen LogP contribution is 2.28. The van der Waals surface area contributed by atoms with Gasteiger partial charge in [-0.05, 0) is 41.5 Å². The molecule has 0 spiro atoms. The standard InChI is InChI=1S/C21H37N5O3/c1-19(2,3)15-14-16(26(23-15)20(4,5)6)22-17(27)24-10-12-25(13-11-24)18(28)29-21(7,8)9/h14H,10-13H2,1-9H3,(H,22,27). The van der Waals surface area contributed by atoms with Crippen LogP contribution in [-0.4, -0.2) is 63.5 Å². The number of rotatable bonds is 1. The molecule has 3 amide bonds. The molecule has 1 N–H and O–H groups in total. The normalized spacial score (nSPS) is 16.0. The second-order valence-corrected chi connectivity index (χ2v) is 10.6. The molecule has 0 aromatic carbocycles. The Balaban J connectivity index is 2.05. The number of piperazine rings is 1. The van der Waals surface area contributed by atoms with Crippen molar-refractivity contribution in [2.45, 2.75) is 78.9 Å². The van der Waals surface area contributed by atoms with E-state index in [1.807, 2.05) is 31.5 Å². The number of amides is 3. The fourth-order valence-corrected chi connectivity index (χ4v) is 2.96. The molecule has 1 aliphatic heterocycles. The van der Waals surface area contributed by atoms with Crippen LogP contribution in [0.25, 0.3) is 0 Å². The maximum atomic E-state index is 12.8. The highest BCUT2D eigenvalue weighted by Gasteiger charge is 2.30. The van der Waals surface area contributed by atoms with Crippen molar-refractivity contribution >= 4 is 17.9 Å². The molecule has 2 heterocycles. The van der Waals surface area contributed by atoms with Crippen molar-refractivity contribution in [3.63, 3.8) is 0 Å². The van der Waals surface area contributed by atoms with Gasteiger partial charge in [0.25, 0.3) is 0 Å². The minimum Gasteiger partial charge on any atom is -0.444 e. The highest BCUT2D eigenvalue weighted by atomic mass is 16.6. The first-order valence-electron chi connectivity index (χ1n) is 10.2. The van der Waals surface area contributed by atoms with Gasteiger partial charge in [-0.2, -0.15) is 5.10 Å². The van der Waals surface area contributed by atoms with E-state index in [4.69, 9.17) is 9.84 Å². The minimum absolute atomic E-state index is 0.116. The fourth-order valence-electron chi connectivity index (χ4n) is 2.96. The lowest BCUT2D eigenvalue weighted by Gasteiger charge is -2.35. The summed E-state index contributed by atoms with van der Waals surface area (Å²) in [5, 5.41) is 7.75. The molecule has 0 atom stereocenters. The van der Waals surface area contributed by atoms with E-state index in [9.17, 15) is 9.59 Å². The number of urea groups is 1. The Labute approximate surface area is 174 Å². The summed E-state index contributed by atoms with van der Waals surface area (Å²) in [6.45, 7) is 19.8. The van der Waals surface area contributed by atoms with Crippen LogP contribution in [0.5, 0.6) is 0 Å². The number of hydrogen-bond acceptors (Lipinski definition) is 4. The van der Waals surface area contributed by atoms with Gasteiger partial charge in [-0.15, -0.1) is 0 Å². The second-order valence-electron chi connectivity index (χ2n) is 10.6. The van der Waals surface area contributed by atoms with Crippen molar-refractivity contribution in [1.29, 1.82) is 0 Å². The van der Waals surface area contributed by atoms with Crippen LogP contribution < -0.4 is 5.32 Å². The van der Waals surface area contributed by atoms with Crippen molar-refractivity contribution in [1.82, 2.24) is 19.6 Å². The predicted octanol–water partition coefficient (Wildman–Crippen LogP) is 4.02. The summed E-state index contributed by atoms with van der Waals surface area (Å²) in [6, 6.07) is 1.76. The third-order valence-electron chi connectivity index (χ3n) is 4.57. The van der Waals surface area contributed by atoms with Crippen LogP contribution in [0.2, 0.25) is 0 Å². The molecule has 0 unspecified atom stereocenters. The molecule has 0 saturated carbocycles. The Morgan fingerprint density at radius 3 is 1.90 bits per heavy atom. The quantitative estimate of drug-likeness (QED) is 0.762. The maximum absolute atomic E-state index is 12.8. The minimum atomic E-state index is -0.526. The van der Waals surface area contributed by atoms with Crippen molar-refractivity contribution in [2.75, 3.05) is 31.5 Å². The smallest absolute Gasteiger partial charge is 0.410 e. The van der Waals surface area contributed by atoms with Crippen LogP contribution in [0.4, 0.5) is 15.4 Å². The summed E-state index contributed by atoms with van der Waals surface area (Å²) in [6.07, 6.45) is -0.335. The summed E-state index contributed by atoms with van der Waals surface area (Å²) < 4.78 is 7.28. The van der Waals surface area contributed by atoms with Gasteiger partial charge in [0.2, 0.25) is 0 Å². The number of carbonyl (C=O) groups excluding carboxylic acids is 2. The van der Waals surface area contributed by atoms with Gasteiger partial charge in [0, 0.05) is 37.7 Å². The summed E-state index contributed by atoms with van der Waals surface area (Å²) >= 11 is 0. The van der Waals surface area contributed by atoms with Crippen molar-refractivity contribution < 1.29 is 14.3 Å². The number of nitrogens with zero attached hydrogens (tertiary/aromatic N) is 4. The number of carbonyl (C=O) groups is 2. The first-order chi connectivity index (χ1) is 13.1. The Hall–Kier alpha value is -2.25. The van der Waals surface area contributed by atoms with Gasteiger partial charge < -0.3 is 14.5 Å². The molecular formula is C21H37N5O3. The Morgan fingerprint density at radius 1 is 0.931 bits per heavy atom. The van der Waals surface area contributed by atoms with Crippen LogP contribution in [-0.2, 0) is 15.7 Å². The van der Waals surface area contributed by atoms with Gasteiger partial charge in [-0.1, -0.05) is 20.8 Å². The molecule has 0 bridgehead atoms. The molecule has 1 aromatic heterocycles. The number of nitrogens with one attached hydrogen (secondary N) is 1. The Morgan fingerprint density at radius 2 is 1.45 bits per heavy atom. The highest BCUT2D eigenvalue weighted by molar-refractivity contribution is 5.88. The third kappa shape index (κ3) is 6.11. The van der Waals surface area contributed by atoms with E-state index in [0.717, 1.165) is 5.69 Å². The van der Waals surface area contributed by atoms with Crippen LogP contribution in [0.15, 0.2) is 6.07 Å². The molecule has 8 heteroatoms.